The van der Waals surface area contributed by atoms with Crippen molar-refractivity contribution in [3.63, 3.8) is 0 Å². The molecule has 0 saturated carbocycles. The van der Waals surface area contributed by atoms with E-state index >= 15 is 0 Å². The molecule has 1 saturated heterocycles. The maximum atomic E-state index is 13.1. The molecule has 0 bridgehead atoms. The number of anilines is 1. The molecule has 2 amide bonds. The van der Waals surface area contributed by atoms with Crippen LogP contribution in [0.15, 0.2) is 48.7 Å². The van der Waals surface area contributed by atoms with Crippen LogP contribution in [-0.2, 0) is 0 Å². The van der Waals surface area contributed by atoms with Crippen LogP contribution in [0, 0.1) is 0 Å². The normalized spacial score (nSPS) is 14.4. The van der Waals surface area contributed by atoms with Gasteiger partial charge in [-0.2, -0.15) is 0 Å². The highest BCUT2D eigenvalue weighted by Gasteiger charge is 2.25. The van der Waals surface area contributed by atoms with Crippen molar-refractivity contribution in [2.75, 3.05) is 25.5 Å². The zero-order chi connectivity index (χ0) is 20.2. The third kappa shape index (κ3) is 3.94. The molecule has 2 aromatic heterocycles. The first-order valence-electron chi connectivity index (χ1n) is 9.89. The molecule has 0 atom stereocenters. The van der Waals surface area contributed by atoms with Crippen LogP contribution in [0.25, 0.3) is 5.52 Å². The Morgan fingerprint density at radius 2 is 1.83 bits per heavy atom. The number of methoxy groups -OCH3 is 1. The molecule has 0 spiro atoms. The Morgan fingerprint density at radius 3 is 2.59 bits per heavy atom. The van der Waals surface area contributed by atoms with Gasteiger partial charge >= 0.3 is 0 Å². The second-order valence-corrected chi connectivity index (χ2v) is 7.13. The van der Waals surface area contributed by atoms with Gasteiger partial charge in [-0.3, -0.25) is 14.0 Å². The van der Waals surface area contributed by atoms with Crippen LogP contribution >= 0.6 is 0 Å². The highest BCUT2D eigenvalue weighted by molar-refractivity contribution is 6.06. The summed E-state index contributed by atoms with van der Waals surface area (Å²) < 4.78 is 6.87. The third-order valence-electron chi connectivity index (χ3n) is 5.17. The fourth-order valence-electron chi connectivity index (χ4n) is 3.67. The van der Waals surface area contributed by atoms with Crippen molar-refractivity contribution in [1.29, 1.82) is 0 Å². The SMILES string of the molecule is COc1cccc(NC(=O)c2nc(C(=O)N3CCCCCC3)c3ccccn23)c1. The van der Waals surface area contributed by atoms with Crippen molar-refractivity contribution >= 4 is 23.0 Å². The van der Waals surface area contributed by atoms with E-state index in [9.17, 15) is 9.59 Å². The van der Waals surface area contributed by atoms with E-state index in [1.165, 1.54) is 0 Å². The van der Waals surface area contributed by atoms with Gasteiger partial charge in [0.1, 0.15) is 5.75 Å². The van der Waals surface area contributed by atoms with Crippen LogP contribution in [0.2, 0.25) is 0 Å². The predicted molar refractivity (Wildman–Crippen MR) is 111 cm³/mol. The molecule has 7 heteroatoms. The average Bonchev–Trinajstić information content (AvgIpc) is 2.93. The second kappa shape index (κ2) is 8.34. The summed E-state index contributed by atoms with van der Waals surface area (Å²) in [5, 5.41) is 2.84. The summed E-state index contributed by atoms with van der Waals surface area (Å²) >= 11 is 0. The lowest BCUT2D eigenvalue weighted by Gasteiger charge is -2.19. The molecule has 0 unspecified atom stereocenters. The van der Waals surface area contributed by atoms with E-state index in [1.807, 2.05) is 23.1 Å². The summed E-state index contributed by atoms with van der Waals surface area (Å²) in [5.41, 5.74) is 1.56. The number of ether oxygens (including phenoxy) is 1. The molecule has 1 N–H and O–H groups in total. The number of benzene rings is 1. The second-order valence-electron chi connectivity index (χ2n) is 7.13. The number of aromatic nitrogens is 2. The van der Waals surface area contributed by atoms with Crippen molar-refractivity contribution in [2.45, 2.75) is 25.7 Å². The van der Waals surface area contributed by atoms with E-state index in [2.05, 4.69) is 10.3 Å². The summed E-state index contributed by atoms with van der Waals surface area (Å²) in [6.07, 6.45) is 6.03. The molecule has 1 aliphatic heterocycles. The molecule has 1 fully saturated rings. The molecule has 150 valence electrons. The molecule has 1 aromatic carbocycles. The molecule has 4 rings (SSSR count). The van der Waals surface area contributed by atoms with Gasteiger partial charge in [0.05, 0.1) is 12.6 Å². The Hall–Kier alpha value is -3.35. The fraction of sp³-hybridized carbons (Fsp3) is 0.318. The largest absolute Gasteiger partial charge is 0.497 e. The van der Waals surface area contributed by atoms with Gasteiger partial charge in [-0.05, 0) is 37.1 Å². The molecular formula is C22H24N4O3. The number of hydrogen-bond acceptors (Lipinski definition) is 4. The van der Waals surface area contributed by atoms with Crippen LogP contribution < -0.4 is 10.1 Å². The van der Waals surface area contributed by atoms with Crippen LogP contribution in [0.1, 0.15) is 46.8 Å². The molecule has 0 radical (unpaired) electrons. The first-order chi connectivity index (χ1) is 14.2. The summed E-state index contributed by atoms with van der Waals surface area (Å²) in [5.74, 6) is 0.333. The lowest BCUT2D eigenvalue weighted by atomic mass is 10.2. The van der Waals surface area contributed by atoms with Crippen LogP contribution in [0.5, 0.6) is 5.75 Å². The minimum atomic E-state index is -0.380. The smallest absolute Gasteiger partial charge is 0.292 e. The van der Waals surface area contributed by atoms with Crippen molar-refractivity contribution in [3.05, 3.63) is 60.2 Å². The molecule has 3 heterocycles. The summed E-state index contributed by atoms with van der Waals surface area (Å²) in [6.45, 7) is 1.46. The molecule has 3 aromatic rings. The minimum absolute atomic E-state index is 0.115. The van der Waals surface area contributed by atoms with Crippen molar-refractivity contribution < 1.29 is 14.3 Å². The Bertz CT molecular complexity index is 1040. The standard InChI is InChI=1S/C22H24N4O3/c1-29-17-10-8-9-16(15-17)23-21(27)20-24-19(18-11-4-7-14-26(18)20)22(28)25-12-5-2-3-6-13-25/h4,7-11,14-15H,2-3,5-6,12-13H2,1H3,(H,23,27). The van der Waals surface area contributed by atoms with E-state index in [4.69, 9.17) is 4.74 Å². The Labute approximate surface area is 169 Å². The zero-order valence-corrected chi connectivity index (χ0v) is 16.4. The number of fused-ring (bicyclic) bond motifs is 1. The Balaban J connectivity index is 1.66. The number of carbonyl (C=O) groups excluding carboxylic acids is 2. The summed E-state index contributed by atoms with van der Waals surface area (Å²) in [4.78, 5) is 32.4. The van der Waals surface area contributed by atoms with Crippen LogP contribution in [0.4, 0.5) is 5.69 Å². The van der Waals surface area contributed by atoms with E-state index in [1.54, 1.807) is 42.0 Å². The number of imidazole rings is 1. The number of carbonyl (C=O) groups is 2. The average molecular weight is 392 g/mol. The first kappa shape index (κ1) is 19.0. The van der Waals surface area contributed by atoms with Gasteiger partial charge in [0.15, 0.2) is 5.69 Å². The number of nitrogens with one attached hydrogen (secondary N) is 1. The quantitative estimate of drug-likeness (QED) is 0.736. The fourth-order valence-corrected chi connectivity index (χ4v) is 3.67. The van der Waals surface area contributed by atoms with Gasteiger partial charge in [0, 0.05) is 31.0 Å². The Morgan fingerprint density at radius 1 is 1.03 bits per heavy atom. The number of nitrogens with zero attached hydrogens (tertiary/aromatic N) is 3. The topological polar surface area (TPSA) is 75.9 Å². The molecular weight excluding hydrogens is 368 g/mol. The number of hydrogen-bond donors (Lipinski definition) is 1. The Kier molecular flexibility index (Phi) is 5.46. The van der Waals surface area contributed by atoms with Gasteiger partial charge in [-0.15, -0.1) is 0 Å². The minimum Gasteiger partial charge on any atom is -0.497 e. The molecule has 1 aliphatic rings. The van der Waals surface area contributed by atoms with Gasteiger partial charge in [-0.1, -0.05) is 25.0 Å². The number of rotatable bonds is 4. The van der Waals surface area contributed by atoms with E-state index in [0.717, 1.165) is 38.8 Å². The van der Waals surface area contributed by atoms with Gasteiger partial charge < -0.3 is 15.0 Å². The van der Waals surface area contributed by atoms with Crippen molar-refractivity contribution in [3.8, 4) is 5.75 Å². The number of pyridine rings is 1. The highest BCUT2D eigenvalue weighted by Crippen LogP contribution is 2.21. The van der Waals surface area contributed by atoms with Crippen molar-refractivity contribution in [1.82, 2.24) is 14.3 Å². The van der Waals surface area contributed by atoms with Gasteiger partial charge in [-0.25, -0.2) is 4.98 Å². The number of likely N-dealkylation sites (tertiary alicyclic amines) is 1. The third-order valence-corrected chi connectivity index (χ3v) is 5.17. The number of amides is 2. The van der Waals surface area contributed by atoms with Gasteiger partial charge in [0.25, 0.3) is 11.8 Å². The monoisotopic (exact) mass is 392 g/mol. The zero-order valence-electron chi connectivity index (χ0n) is 16.4. The predicted octanol–water partition coefficient (Wildman–Crippen LogP) is 3.61. The highest BCUT2D eigenvalue weighted by atomic mass is 16.5. The lowest BCUT2D eigenvalue weighted by molar-refractivity contribution is 0.0758. The van der Waals surface area contributed by atoms with Crippen LogP contribution in [-0.4, -0.2) is 46.3 Å². The summed E-state index contributed by atoms with van der Waals surface area (Å²) in [7, 11) is 1.57. The van der Waals surface area contributed by atoms with Crippen molar-refractivity contribution in [2.24, 2.45) is 0 Å². The van der Waals surface area contributed by atoms with Crippen LogP contribution in [0.3, 0.4) is 0 Å². The molecule has 0 aliphatic carbocycles. The first-order valence-corrected chi connectivity index (χ1v) is 9.89. The maximum Gasteiger partial charge on any atom is 0.292 e. The van der Waals surface area contributed by atoms with Gasteiger partial charge in [0.2, 0.25) is 5.82 Å². The lowest BCUT2D eigenvalue weighted by Crippen LogP contribution is -2.32. The molecule has 29 heavy (non-hydrogen) atoms. The summed E-state index contributed by atoms with van der Waals surface area (Å²) in [6, 6.07) is 12.6. The maximum absolute atomic E-state index is 13.1. The van der Waals surface area contributed by atoms with E-state index in [0.29, 0.717) is 22.6 Å². The molecule has 7 nitrogen and oxygen atoms in total. The van der Waals surface area contributed by atoms with E-state index < -0.39 is 0 Å². The van der Waals surface area contributed by atoms with E-state index in [-0.39, 0.29) is 17.6 Å².